The molecule has 1 saturated heterocycles. The van der Waals surface area contributed by atoms with Crippen molar-refractivity contribution >= 4 is 12.0 Å². The second-order valence-corrected chi connectivity index (χ2v) is 9.73. The molecule has 0 aromatic heterocycles. The first-order chi connectivity index (χ1) is 18.4. The standard InChI is InChI=1S/C29H41N3O6/c1-21(2)32(28(33)23-11-12-26(36-4)27(15-23)37-14-8-13-35-3)19-24-17-30-18-25(24)20-38-29(34)31-16-22-9-6-5-7-10-22/h5-7,9-12,15,21,24-25,30H,8,13-14,16-20H2,1-4H3,(H,31,34)/t24-,25-/m0/s1. The number of methoxy groups -OCH3 is 2. The second kappa shape index (κ2) is 15.2. The molecule has 0 bridgehead atoms. The fourth-order valence-electron chi connectivity index (χ4n) is 4.45. The number of nitrogens with zero attached hydrogens (tertiary/aromatic N) is 1. The second-order valence-electron chi connectivity index (χ2n) is 9.73. The van der Waals surface area contributed by atoms with Gasteiger partial charge in [0.05, 0.1) is 20.3 Å². The Balaban J connectivity index is 1.58. The van der Waals surface area contributed by atoms with Gasteiger partial charge in [-0.2, -0.15) is 0 Å². The molecule has 1 heterocycles. The predicted octanol–water partition coefficient (Wildman–Crippen LogP) is 3.72. The van der Waals surface area contributed by atoms with Crippen LogP contribution in [0.15, 0.2) is 48.5 Å². The third-order valence-corrected chi connectivity index (χ3v) is 6.66. The highest BCUT2D eigenvalue weighted by atomic mass is 16.5. The number of carbonyl (C=O) groups excluding carboxylic acids is 2. The quantitative estimate of drug-likeness (QED) is 0.361. The molecule has 2 aromatic carbocycles. The molecule has 2 N–H and O–H groups in total. The molecular weight excluding hydrogens is 486 g/mol. The van der Waals surface area contributed by atoms with Gasteiger partial charge in [0, 0.05) is 63.8 Å². The number of carbonyl (C=O) groups is 2. The number of nitrogens with one attached hydrogen (secondary N) is 2. The fourth-order valence-corrected chi connectivity index (χ4v) is 4.45. The highest BCUT2D eigenvalue weighted by Crippen LogP contribution is 2.29. The van der Waals surface area contributed by atoms with E-state index in [1.54, 1.807) is 32.4 Å². The summed E-state index contributed by atoms with van der Waals surface area (Å²) in [5.74, 6) is 1.32. The molecular formula is C29H41N3O6. The van der Waals surface area contributed by atoms with Crippen molar-refractivity contribution in [2.45, 2.75) is 32.9 Å². The van der Waals surface area contributed by atoms with Crippen LogP contribution in [0.25, 0.3) is 0 Å². The first kappa shape index (κ1) is 29.3. The van der Waals surface area contributed by atoms with Crippen LogP contribution in [0.3, 0.4) is 0 Å². The molecule has 0 radical (unpaired) electrons. The zero-order valence-corrected chi connectivity index (χ0v) is 22.9. The van der Waals surface area contributed by atoms with Crippen LogP contribution in [0.5, 0.6) is 11.5 Å². The van der Waals surface area contributed by atoms with Gasteiger partial charge in [-0.3, -0.25) is 4.79 Å². The smallest absolute Gasteiger partial charge is 0.407 e. The summed E-state index contributed by atoms with van der Waals surface area (Å²) >= 11 is 0. The van der Waals surface area contributed by atoms with Gasteiger partial charge in [-0.05, 0) is 43.5 Å². The van der Waals surface area contributed by atoms with Crippen LogP contribution in [0.2, 0.25) is 0 Å². The van der Waals surface area contributed by atoms with Crippen molar-refractivity contribution in [2.75, 3.05) is 53.7 Å². The molecule has 0 spiro atoms. The minimum Gasteiger partial charge on any atom is -0.493 e. The van der Waals surface area contributed by atoms with Gasteiger partial charge in [-0.15, -0.1) is 0 Å². The van der Waals surface area contributed by atoms with Crippen LogP contribution in [-0.2, 0) is 16.0 Å². The van der Waals surface area contributed by atoms with E-state index >= 15 is 0 Å². The van der Waals surface area contributed by atoms with Crippen LogP contribution < -0.4 is 20.1 Å². The van der Waals surface area contributed by atoms with Crippen LogP contribution >= 0.6 is 0 Å². The molecule has 9 nitrogen and oxygen atoms in total. The van der Waals surface area contributed by atoms with Crippen molar-refractivity contribution in [1.29, 1.82) is 0 Å². The molecule has 1 fully saturated rings. The third-order valence-electron chi connectivity index (χ3n) is 6.66. The van der Waals surface area contributed by atoms with E-state index in [0.29, 0.717) is 50.0 Å². The van der Waals surface area contributed by atoms with Gasteiger partial charge in [0.2, 0.25) is 0 Å². The lowest BCUT2D eigenvalue weighted by Gasteiger charge is -2.31. The van der Waals surface area contributed by atoms with Gasteiger partial charge >= 0.3 is 6.09 Å². The summed E-state index contributed by atoms with van der Waals surface area (Å²) in [6, 6.07) is 15.0. The van der Waals surface area contributed by atoms with E-state index in [1.807, 2.05) is 49.1 Å². The SMILES string of the molecule is COCCCOc1cc(C(=O)N(C[C@@H]2CNC[C@H]2COC(=O)NCc2ccccc2)C(C)C)ccc1OC. The van der Waals surface area contributed by atoms with E-state index in [1.165, 1.54) is 0 Å². The molecule has 1 aliphatic rings. The summed E-state index contributed by atoms with van der Waals surface area (Å²) < 4.78 is 21.9. The predicted molar refractivity (Wildman–Crippen MR) is 146 cm³/mol. The van der Waals surface area contributed by atoms with Crippen LogP contribution in [0, 0.1) is 11.8 Å². The molecule has 1 aliphatic heterocycles. The molecule has 0 saturated carbocycles. The fraction of sp³-hybridized carbons (Fsp3) is 0.517. The molecule has 2 aromatic rings. The lowest BCUT2D eigenvalue weighted by Crippen LogP contribution is -2.42. The highest BCUT2D eigenvalue weighted by molar-refractivity contribution is 5.95. The van der Waals surface area contributed by atoms with Crippen molar-refractivity contribution in [3.63, 3.8) is 0 Å². The number of benzene rings is 2. The Kier molecular flexibility index (Phi) is 11.7. The lowest BCUT2D eigenvalue weighted by atomic mass is 9.95. The first-order valence-electron chi connectivity index (χ1n) is 13.2. The molecule has 38 heavy (non-hydrogen) atoms. The van der Waals surface area contributed by atoms with Crippen LogP contribution in [0.1, 0.15) is 36.2 Å². The molecule has 0 aliphatic carbocycles. The summed E-state index contributed by atoms with van der Waals surface area (Å²) in [5.41, 5.74) is 1.55. The van der Waals surface area contributed by atoms with Gasteiger partial charge in [0.1, 0.15) is 0 Å². The average molecular weight is 528 g/mol. The van der Waals surface area contributed by atoms with Gasteiger partial charge in [-0.25, -0.2) is 4.79 Å². The minimum absolute atomic E-state index is 0.00740. The zero-order valence-electron chi connectivity index (χ0n) is 22.9. The Morgan fingerprint density at radius 3 is 2.50 bits per heavy atom. The first-order valence-corrected chi connectivity index (χ1v) is 13.2. The maximum Gasteiger partial charge on any atom is 0.407 e. The van der Waals surface area contributed by atoms with Gasteiger partial charge < -0.3 is 34.5 Å². The Morgan fingerprint density at radius 1 is 1.03 bits per heavy atom. The van der Waals surface area contributed by atoms with Crippen LogP contribution in [-0.4, -0.2) is 76.6 Å². The van der Waals surface area contributed by atoms with Gasteiger partial charge in [0.25, 0.3) is 5.91 Å². The van der Waals surface area contributed by atoms with Gasteiger partial charge in [-0.1, -0.05) is 30.3 Å². The molecule has 208 valence electrons. The van der Waals surface area contributed by atoms with Crippen molar-refractivity contribution in [2.24, 2.45) is 11.8 Å². The summed E-state index contributed by atoms with van der Waals surface area (Å²) in [6.45, 7) is 7.83. The number of hydrogen-bond acceptors (Lipinski definition) is 7. The summed E-state index contributed by atoms with van der Waals surface area (Å²) in [6.07, 6.45) is 0.297. The molecule has 3 rings (SSSR count). The Labute approximate surface area is 225 Å². The summed E-state index contributed by atoms with van der Waals surface area (Å²) in [5, 5.41) is 6.19. The number of ether oxygens (including phenoxy) is 4. The van der Waals surface area contributed by atoms with E-state index in [4.69, 9.17) is 18.9 Å². The minimum atomic E-state index is -0.437. The molecule has 0 unspecified atom stereocenters. The van der Waals surface area contributed by atoms with Crippen molar-refractivity contribution in [3.05, 3.63) is 59.7 Å². The Hall–Kier alpha value is -3.30. The third kappa shape index (κ3) is 8.63. The number of hydrogen-bond donors (Lipinski definition) is 2. The van der Waals surface area contributed by atoms with Crippen LogP contribution in [0.4, 0.5) is 4.79 Å². The summed E-state index contributed by atoms with van der Waals surface area (Å²) in [4.78, 5) is 27.7. The Bertz CT molecular complexity index is 1020. The molecule has 2 amide bonds. The zero-order chi connectivity index (χ0) is 27.3. The molecule has 9 heteroatoms. The number of rotatable bonds is 14. The van der Waals surface area contributed by atoms with Gasteiger partial charge in [0.15, 0.2) is 11.5 Å². The number of amides is 2. The Morgan fingerprint density at radius 2 is 1.79 bits per heavy atom. The molecule has 2 atom stereocenters. The largest absolute Gasteiger partial charge is 0.493 e. The van der Waals surface area contributed by atoms with Crippen molar-refractivity contribution < 1.29 is 28.5 Å². The summed E-state index contributed by atoms with van der Waals surface area (Å²) in [7, 11) is 3.23. The van der Waals surface area contributed by atoms with Crippen molar-refractivity contribution in [3.8, 4) is 11.5 Å². The van der Waals surface area contributed by atoms with E-state index in [2.05, 4.69) is 10.6 Å². The van der Waals surface area contributed by atoms with E-state index in [9.17, 15) is 9.59 Å². The maximum absolute atomic E-state index is 13.6. The lowest BCUT2D eigenvalue weighted by molar-refractivity contribution is 0.0628. The number of alkyl carbamates (subject to hydrolysis) is 1. The van der Waals surface area contributed by atoms with Crippen molar-refractivity contribution in [1.82, 2.24) is 15.5 Å². The van der Waals surface area contributed by atoms with E-state index in [-0.39, 0.29) is 23.8 Å². The topological polar surface area (TPSA) is 98.4 Å². The average Bonchev–Trinajstić information content (AvgIpc) is 3.38. The maximum atomic E-state index is 13.6. The van der Waals surface area contributed by atoms with E-state index in [0.717, 1.165) is 25.1 Å². The normalized spacial score (nSPS) is 16.8. The van der Waals surface area contributed by atoms with E-state index < -0.39 is 6.09 Å². The highest BCUT2D eigenvalue weighted by Gasteiger charge is 2.32. The monoisotopic (exact) mass is 527 g/mol.